The van der Waals surface area contributed by atoms with E-state index in [2.05, 4.69) is 10.3 Å². The standard InChI is InChI=1S/C24H19F5N2O3/c1-13-8-16(24(27,28)29)19(30-12-13)10-14-4-2-5-15(9-14)11-20(23(33)34)31-22(32)21-17(25)6-3-7-18(21)26/h2-9,12,20H,10-11H2,1H3,(H,31,32)(H,33,34). The Morgan fingerprint density at radius 3 is 2.26 bits per heavy atom. The molecule has 1 atom stereocenters. The van der Waals surface area contributed by atoms with Crippen LogP contribution in [0.5, 0.6) is 0 Å². The molecular weight excluding hydrogens is 459 g/mol. The number of aliphatic carboxylic acids is 1. The van der Waals surface area contributed by atoms with E-state index in [4.69, 9.17) is 0 Å². The summed E-state index contributed by atoms with van der Waals surface area (Å²) in [6, 6.07) is 8.38. The zero-order valence-electron chi connectivity index (χ0n) is 17.8. The van der Waals surface area contributed by atoms with E-state index in [-0.39, 0.29) is 18.5 Å². The normalized spacial score (nSPS) is 12.3. The molecule has 3 rings (SSSR count). The molecule has 0 fully saturated rings. The van der Waals surface area contributed by atoms with Crippen molar-refractivity contribution >= 4 is 11.9 Å². The van der Waals surface area contributed by atoms with Crippen LogP contribution in [0.4, 0.5) is 22.0 Å². The summed E-state index contributed by atoms with van der Waals surface area (Å²) in [6.45, 7) is 1.50. The van der Waals surface area contributed by atoms with Gasteiger partial charge in [0.25, 0.3) is 5.91 Å². The van der Waals surface area contributed by atoms with Crippen LogP contribution in [-0.2, 0) is 23.8 Å². The van der Waals surface area contributed by atoms with Crippen LogP contribution in [0.2, 0.25) is 0 Å². The Bertz CT molecular complexity index is 1210. The lowest BCUT2D eigenvalue weighted by atomic mass is 9.99. The highest BCUT2D eigenvalue weighted by Crippen LogP contribution is 2.32. The van der Waals surface area contributed by atoms with E-state index in [1.165, 1.54) is 31.3 Å². The molecule has 0 aliphatic rings. The number of carboxylic acids is 1. The van der Waals surface area contributed by atoms with E-state index in [1.807, 2.05) is 0 Å². The number of hydrogen-bond acceptors (Lipinski definition) is 3. The van der Waals surface area contributed by atoms with Gasteiger partial charge >= 0.3 is 12.1 Å². The summed E-state index contributed by atoms with van der Waals surface area (Å²) in [5, 5.41) is 11.6. The minimum atomic E-state index is -4.59. The second-order valence-corrected chi connectivity index (χ2v) is 7.67. The van der Waals surface area contributed by atoms with Gasteiger partial charge in [0.05, 0.1) is 11.3 Å². The summed E-state index contributed by atoms with van der Waals surface area (Å²) >= 11 is 0. The molecule has 0 aliphatic heterocycles. The molecule has 34 heavy (non-hydrogen) atoms. The fraction of sp³-hybridized carbons (Fsp3) is 0.208. The van der Waals surface area contributed by atoms with Crippen LogP contribution in [0.1, 0.15) is 38.3 Å². The maximum Gasteiger partial charge on any atom is 0.418 e. The number of rotatable bonds is 7. The minimum absolute atomic E-state index is 0.159. The fourth-order valence-corrected chi connectivity index (χ4v) is 3.42. The average molecular weight is 478 g/mol. The number of nitrogens with one attached hydrogen (secondary N) is 1. The molecule has 5 nitrogen and oxygen atoms in total. The molecule has 0 bridgehead atoms. The predicted octanol–water partition coefficient (Wildman–Crippen LogP) is 4.70. The van der Waals surface area contributed by atoms with Crippen molar-refractivity contribution in [2.75, 3.05) is 0 Å². The van der Waals surface area contributed by atoms with Gasteiger partial charge in [-0.1, -0.05) is 30.3 Å². The first-order chi connectivity index (χ1) is 16.0. The lowest BCUT2D eigenvalue weighted by Crippen LogP contribution is -2.43. The lowest BCUT2D eigenvalue weighted by Gasteiger charge is -2.16. The summed E-state index contributed by atoms with van der Waals surface area (Å²) < 4.78 is 67.9. The Morgan fingerprint density at radius 2 is 1.65 bits per heavy atom. The summed E-state index contributed by atoms with van der Waals surface area (Å²) in [4.78, 5) is 27.9. The number of carbonyl (C=O) groups is 2. The van der Waals surface area contributed by atoms with Gasteiger partial charge in [-0.15, -0.1) is 0 Å². The summed E-state index contributed by atoms with van der Waals surface area (Å²) in [5.74, 6) is -4.97. The molecule has 2 N–H and O–H groups in total. The van der Waals surface area contributed by atoms with Crippen LogP contribution < -0.4 is 5.32 Å². The van der Waals surface area contributed by atoms with E-state index >= 15 is 0 Å². The van der Waals surface area contributed by atoms with Gasteiger partial charge in [0.15, 0.2) is 0 Å². The highest BCUT2D eigenvalue weighted by Gasteiger charge is 2.34. The molecule has 178 valence electrons. The van der Waals surface area contributed by atoms with Crippen LogP contribution in [0.25, 0.3) is 0 Å². The smallest absolute Gasteiger partial charge is 0.418 e. The Balaban J connectivity index is 1.81. The zero-order chi connectivity index (χ0) is 25.0. The number of aryl methyl sites for hydroxylation is 1. The highest BCUT2D eigenvalue weighted by atomic mass is 19.4. The lowest BCUT2D eigenvalue weighted by molar-refractivity contribution is -0.139. The first-order valence-corrected chi connectivity index (χ1v) is 10.0. The van der Waals surface area contributed by atoms with Crippen LogP contribution in [0.15, 0.2) is 54.7 Å². The monoisotopic (exact) mass is 478 g/mol. The maximum absolute atomic E-state index is 13.8. The number of aromatic nitrogens is 1. The van der Waals surface area contributed by atoms with Crippen molar-refractivity contribution in [1.82, 2.24) is 10.3 Å². The second kappa shape index (κ2) is 9.98. The van der Waals surface area contributed by atoms with Crippen LogP contribution >= 0.6 is 0 Å². The van der Waals surface area contributed by atoms with Crippen molar-refractivity contribution in [2.45, 2.75) is 32.0 Å². The van der Waals surface area contributed by atoms with E-state index < -0.39 is 46.9 Å². The van der Waals surface area contributed by atoms with Crippen molar-refractivity contribution < 1.29 is 36.6 Å². The van der Waals surface area contributed by atoms with E-state index in [0.29, 0.717) is 16.7 Å². The van der Waals surface area contributed by atoms with Gasteiger partial charge in [-0.2, -0.15) is 13.2 Å². The topological polar surface area (TPSA) is 79.3 Å². The van der Waals surface area contributed by atoms with E-state index in [0.717, 1.165) is 24.3 Å². The van der Waals surface area contributed by atoms with Gasteiger partial charge < -0.3 is 10.4 Å². The number of hydrogen-bond donors (Lipinski definition) is 2. The zero-order valence-corrected chi connectivity index (χ0v) is 17.8. The maximum atomic E-state index is 13.8. The molecule has 2 aromatic carbocycles. The van der Waals surface area contributed by atoms with E-state index in [9.17, 15) is 36.6 Å². The van der Waals surface area contributed by atoms with Crippen molar-refractivity contribution in [2.24, 2.45) is 0 Å². The molecule has 1 unspecified atom stereocenters. The highest BCUT2D eigenvalue weighted by molar-refractivity contribution is 5.97. The molecule has 10 heteroatoms. The number of benzene rings is 2. The molecular formula is C24H19F5N2O3. The van der Waals surface area contributed by atoms with E-state index in [1.54, 1.807) is 6.07 Å². The van der Waals surface area contributed by atoms with Crippen LogP contribution in [0.3, 0.4) is 0 Å². The number of halogens is 5. The number of amides is 1. The van der Waals surface area contributed by atoms with Crippen LogP contribution in [-0.4, -0.2) is 28.0 Å². The number of carbonyl (C=O) groups excluding carboxylic acids is 1. The third-order valence-electron chi connectivity index (χ3n) is 5.01. The molecule has 0 aliphatic carbocycles. The van der Waals surface area contributed by atoms with Gasteiger partial charge in [-0.25, -0.2) is 13.6 Å². The summed E-state index contributed by atoms with van der Waals surface area (Å²) in [6.07, 6.45) is -3.69. The van der Waals surface area contributed by atoms with Crippen molar-refractivity contribution in [3.8, 4) is 0 Å². The van der Waals surface area contributed by atoms with Crippen molar-refractivity contribution in [3.05, 3.63) is 99.9 Å². The third-order valence-corrected chi connectivity index (χ3v) is 5.01. The van der Waals surface area contributed by atoms with Crippen molar-refractivity contribution in [3.63, 3.8) is 0 Å². The Labute approximate surface area is 191 Å². The number of pyridine rings is 1. The molecule has 0 saturated carbocycles. The fourth-order valence-electron chi connectivity index (χ4n) is 3.42. The SMILES string of the molecule is Cc1cnc(Cc2cccc(CC(NC(=O)c3c(F)cccc3F)C(=O)O)c2)c(C(F)(F)F)c1. The molecule has 0 saturated heterocycles. The first-order valence-electron chi connectivity index (χ1n) is 10.0. The van der Waals surface area contributed by atoms with Crippen molar-refractivity contribution in [1.29, 1.82) is 0 Å². The van der Waals surface area contributed by atoms with Gasteiger partial charge in [-0.05, 0) is 41.8 Å². The quantitative estimate of drug-likeness (QED) is 0.483. The Kier molecular flexibility index (Phi) is 7.29. The molecule has 1 heterocycles. The van der Waals surface area contributed by atoms with Crippen LogP contribution in [0, 0.1) is 18.6 Å². The number of carboxylic acid groups (broad SMARTS) is 1. The largest absolute Gasteiger partial charge is 0.480 e. The first kappa shape index (κ1) is 24.8. The third kappa shape index (κ3) is 5.94. The molecule has 0 spiro atoms. The Hall–Kier alpha value is -3.82. The molecule has 0 radical (unpaired) electrons. The number of nitrogens with zero attached hydrogens (tertiary/aromatic N) is 1. The molecule has 1 aromatic heterocycles. The Morgan fingerprint density at radius 1 is 1.03 bits per heavy atom. The minimum Gasteiger partial charge on any atom is -0.480 e. The predicted molar refractivity (Wildman–Crippen MR) is 112 cm³/mol. The summed E-state index contributed by atoms with van der Waals surface area (Å²) in [7, 11) is 0. The number of alkyl halides is 3. The van der Waals surface area contributed by atoms with Gasteiger partial charge in [-0.3, -0.25) is 9.78 Å². The van der Waals surface area contributed by atoms with Gasteiger partial charge in [0, 0.05) is 19.0 Å². The van der Waals surface area contributed by atoms with Gasteiger partial charge in [0.2, 0.25) is 0 Å². The average Bonchev–Trinajstić information content (AvgIpc) is 2.74. The molecule has 1 amide bonds. The second-order valence-electron chi connectivity index (χ2n) is 7.67. The molecule has 3 aromatic rings. The van der Waals surface area contributed by atoms with Gasteiger partial charge in [0.1, 0.15) is 23.2 Å². The summed E-state index contributed by atoms with van der Waals surface area (Å²) in [5.41, 5.74) is -0.771.